The van der Waals surface area contributed by atoms with Gasteiger partial charge in [0.2, 0.25) is 11.8 Å². The van der Waals surface area contributed by atoms with Crippen LogP contribution < -0.4 is 14.4 Å². The second kappa shape index (κ2) is 13.6. The zero-order valence-corrected chi connectivity index (χ0v) is 25.0. The van der Waals surface area contributed by atoms with Crippen LogP contribution >= 0.6 is 15.9 Å². The van der Waals surface area contributed by atoms with E-state index >= 15 is 0 Å². The van der Waals surface area contributed by atoms with Crippen molar-refractivity contribution in [3.63, 3.8) is 0 Å². The van der Waals surface area contributed by atoms with Crippen LogP contribution in [0.25, 0.3) is 0 Å². The average Bonchev–Trinajstić information content (AvgIpc) is 2.91. The fourth-order valence-electron chi connectivity index (χ4n) is 4.03. The molecule has 2 amide bonds. The maximum absolute atomic E-state index is 14.0. The maximum Gasteiger partial charge on any atom is 0.264 e. The van der Waals surface area contributed by atoms with E-state index in [1.54, 1.807) is 57.2 Å². The van der Waals surface area contributed by atoms with Gasteiger partial charge in [0.1, 0.15) is 18.3 Å². The topological polar surface area (TPSA) is 96.0 Å². The Kier molecular flexibility index (Phi) is 10.5. The number of sulfonamides is 1. The van der Waals surface area contributed by atoms with Crippen molar-refractivity contribution >= 4 is 43.5 Å². The lowest BCUT2D eigenvalue weighted by atomic mass is 10.1. The van der Waals surface area contributed by atoms with Crippen LogP contribution in [0, 0.1) is 6.92 Å². The van der Waals surface area contributed by atoms with Crippen molar-refractivity contribution in [1.82, 2.24) is 10.2 Å². The van der Waals surface area contributed by atoms with Gasteiger partial charge < -0.3 is 15.0 Å². The first-order chi connectivity index (χ1) is 18.6. The summed E-state index contributed by atoms with van der Waals surface area (Å²) in [6.45, 7) is 7.39. The SMILES string of the molecule is CCNC(=O)[C@@H](C)N(Cc1cccc(Br)c1)C(=O)CN(c1ccccc1OCC)S(=O)(=O)c1ccc(C)cc1. The number of para-hydroxylation sites is 2. The van der Waals surface area contributed by atoms with E-state index in [1.807, 2.05) is 31.2 Å². The molecule has 0 saturated heterocycles. The van der Waals surface area contributed by atoms with Gasteiger partial charge in [-0.1, -0.05) is 57.9 Å². The fraction of sp³-hybridized carbons (Fsp3) is 0.310. The van der Waals surface area contributed by atoms with Crippen molar-refractivity contribution in [2.75, 3.05) is 24.0 Å². The van der Waals surface area contributed by atoms with Gasteiger partial charge in [0, 0.05) is 17.6 Å². The van der Waals surface area contributed by atoms with Crippen LogP contribution in [0.4, 0.5) is 5.69 Å². The van der Waals surface area contributed by atoms with E-state index in [0.717, 1.165) is 19.9 Å². The number of ether oxygens (including phenoxy) is 1. The summed E-state index contributed by atoms with van der Waals surface area (Å²) in [7, 11) is -4.18. The second-order valence-electron chi connectivity index (χ2n) is 8.95. The summed E-state index contributed by atoms with van der Waals surface area (Å²) in [6.07, 6.45) is 0. The molecule has 0 radical (unpaired) electrons. The van der Waals surface area contributed by atoms with Crippen molar-refractivity contribution in [2.45, 2.75) is 45.2 Å². The van der Waals surface area contributed by atoms with E-state index in [9.17, 15) is 18.0 Å². The third-order valence-electron chi connectivity index (χ3n) is 6.08. The monoisotopic (exact) mass is 615 g/mol. The maximum atomic E-state index is 14.0. The van der Waals surface area contributed by atoms with Crippen LogP contribution in [0.15, 0.2) is 82.2 Å². The third kappa shape index (κ3) is 7.60. The number of carbonyl (C=O) groups excluding carboxylic acids is 2. The zero-order chi connectivity index (χ0) is 28.6. The quantitative estimate of drug-likeness (QED) is 0.312. The number of amides is 2. The average molecular weight is 617 g/mol. The van der Waals surface area contributed by atoms with Gasteiger partial charge in [-0.25, -0.2) is 8.42 Å². The highest BCUT2D eigenvalue weighted by molar-refractivity contribution is 9.10. The van der Waals surface area contributed by atoms with Crippen molar-refractivity contribution in [2.24, 2.45) is 0 Å². The van der Waals surface area contributed by atoms with Crippen LogP contribution in [-0.4, -0.2) is 50.9 Å². The molecule has 0 aromatic heterocycles. The van der Waals surface area contributed by atoms with Crippen molar-refractivity contribution < 1.29 is 22.7 Å². The number of halogens is 1. The largest absolute Gasteiger partial charge is 0.492 e. The Morgan fingerprint density at radius 3 is 2.33 bits per heavy atom. The van der Waals surface area contributed by atoms with E-state index in [0.29, 0.717) is 18.9 Å². The summed E-state index contributed by atoms with van der Waals surface area (Å²) in [5, 5.41) is 2.76. The van der Waals surface area contributed by atoms with Gasteiger partial charge in [0.15, 0.2) is 0 Å². The number of anilines is 1. The molecule has 39 heavy (non-hydrogen) atoms. The highest BCUT2D eigenvalue weighted by Gasteiger charge is 2.33. The van der Waals surface area contributed by atoms with Gasteiger partial charge in [0.05, 0.1) is 17.2 Å². The number of rotatable bonds is 12. The predicted molar refractivity (Wildman–Crippen MR) is 156 cm³/mol. The number of likely N-dealkylation sites (N-methyl/N-ethyl adjacent to an activating group) is 1. The molecule has 1 atom stereocenters. The molecule has 0 spiro atoms. The van der Waals surface area contributed by atoms with E-state index < -0.39 is 28.5 Å². The predicted octanol–water partition coefficient (Wildman–Crippen LogP) is 4.90. The van der Waals surface area contributed by atoms with Crippen LogP contribution in [0.1, 0.15) is 31.9 Å². The number of hydrogen-bond acceptors (Lipinski definition) is 5. The molecule has 0 saturated carbocycles. The molecule has 0 bridgehead atoms. The van der Waals surface area contributed by atoms with Crippen LogP contribution in [-0.2, 0) is 26.2 Å². The molecular formula is C29H34BrN3O5S. The number of nitrogens with zero attached hydrogens (tertiary/aromatic N) is 2. The molecule has 0 aliphatic heterocycles. The summed E-state index contributed by atoms with van der Waals surface area (Å²) in [5.74, 6) is -0.530. The molecule has 0 unspecified atom stereocenters. The summed E-state index contributed by atoms with van der Waals surface area (Å²) < 4.78 is 35.6. The van der Waals surface area contributed by atoms with E-state index in [1.165, 1.54) is 17.0 Å². The first-order valence-corrected chi connectivity index (χ1v) is 14.9. The van der Waals surface area contributed by atoms with Gasteiger partial charge in [-0.3, -0.25) is 13.9 Å². The number of nitrogens with one attached hydrogen (secondary N) is 1. The van der Waals surface area contributed by atoms with Crippen LogP contribution in [0.2, 0.25) is 0 Å². The highest BCUT2D eigenvalue weighted by Crippen LogP contribution is 2.33. The first kappa shape index (κ1) is 30.2. The standard InChI is InChI=1S/C29H34BrN3O5S/c1-5-31-29(35)22(4)32(19-23-10-9-11-24(30)18-23)28(34)20-33(26-12-7-8-13-27(26)38-6-2)39(36,37)25-16-14-21(3)15-17-25/h7-18,22H,5-6,19-20H2,1-4H3,(H,31,35)/t22-/m1/s1. The Morgan fingerprint density at radius 2 is 1.69 bits per heavy atom. The molecule has 3 aromatic rings. The van der Waals surface area contributed by atoms with Gasteiger partial charge >= 0.3 is 0 Å². The number of carbonyl (C=O) groups is 2. The smallest absolute Gasteiger partial charge is 0.264 e. The fourth-order valence-corrected chi connectivity index (χ4v) is 5.90. The number of aryl methyl sites for hydroxylation is 1. The Hall–Kier alpha value is -3.37. The lowest BCUT2D eigenvalue weighted by molar-refractivity contribution is -0.139. The van der Waals surface area contributed by atoms with E-state index in [4.69, 9.17) is 4.74 Å². The van der Waals surface area contributed by atoms with Crippen LogP contribution in [0.3, 0.4) is 0 Å². The van der Waals surface area contributed by atoms with Gasteiger partial charge in [-0.2, -0.15) is 0 Å². The molecule has 0 heterocycles. The van der Waals surface area contributed by atoms with Gasteiger partial charge in [0.25, 0.3) is 10.0 Å². The third-order valence-corrected chi connectivity index (χ3v) is 8.35. The molecule has 0 aliphatic rings. The van der Waals surface area contributed by atoms with Crippen molar-refractivity contribution in [1.29, 1.82) is 0 Å². The molecular weight excluding hydrogens is 582 g/mol. The molecule has 3 rings (SSSR count). The van der Waals surface area contributed by atoms with E-state index in [-0.39, 0.29) is 23.0 Å². The number of benzene rings is 3. The van der Waals surface area contributed by atoms with Gasteiger partial charge in [-0.15, -0.1) is 0 Å². The Bertz CT molecular complexity index is 1400. The minimum atomic E-state index is -4.18. The summed E-state index contributed by atoms with van der Waals surface area (Å²) >= 11 is 3.45. The molecule has 3 aromatic carbocycles. The second-order valence-corrected chi connectivity index (χ2v) is 11.7. The Morgan fingerprint density at radius 1 is 1.00 bits per heavy atom. The van der Waals surface area contributed by atoms with Crippen LogP contribution in [0.5, 0.6) is 5.75 Å². The van der Waals surface area contributed by atoms with Crippen molar-refractivity contribution in [3.05, 3.63) is 88.4 Å². The highest BCUT2D eigenvalue weighted by atomic mass is 79.9. The molecule has 8 nitrogen and oxygen atoms in total. The lowest BCUT2D eigenvalue weighted by Crippen LogP contribution is -2.51. The first-order valence-electron chi connectivity index (χ1n) is 12.7. The summed E-state index contributed by atoms with van der Waals surface area (Å²) in [6, 6.07) is 19.7. The lowest BCUT2D eigenvalue weighted by Gasteiger charge is -2.32. The minimum absolute atomic E-state index is 0.0440. The minimum Gasteiger partial charge on any atom is -0.492 e. The molecule has 0 fully saturated rings. The van der Waals surface area contributed by atoms with Crippen molar-refractivity contribution in [3.8, 4) is 5.75 Å². The number of hydrogen-bond donors (Lipinski definition) is 1. The Labute approximate surface area is 239 Å². The molecule has 208 valence electrons. The normalized spacial score (nSPS) is 11.9. The summed E-state index contributed by atoms with van der Waals surface area (Å²) in [5.41, 5.74) is 1.93. The Balaban J connectivity index is 2.08. The van der Waals surface area contributed by atoms with E-state index in [2.05, 4.69) is 21.2 Å². The van der Waals surface area contributed by atoms with Gasteiger partial charge in [-0.05, 0) is 69.7 Å². The molecule has 1 N–H and O–H groups in total. The zero-order valence-electron chi connectivity index (χ0n) is 22.6. The summed E-state index contributed by atoms with van der Waals surface area (Å²) in [4.78, 5) is 28.2. The molecule has 10 heteroatoms. The molecule has 0 aliphatic carbocycles.